The maximum Gasteiger partial charge on any atom is 0.158 e. The molecule has 0 bridgehead atoms. The Balaban J connectivity index is 1.70. The molecule has 0 saturated heterocycles. The zero-order chi connectivity index (χ0) is 10.5. The van der Waals surface area contributed by atoms with Crippen molar-refractivity contribution in [2.24, 2.45) is 0 Å². The van der Waals surface area contributed by atoms with Gasteiger partial charge in [-0.15, -0.1) is 0 Å². The lowest BCUT2D eigenvalue weighted by Crippen LogP contribution is -2.26. The topological polar surface area (TPSA) is 18.5 Å². The van der Waals surface area contributed by atoms with Gasteiger partial charge in [-0.05, 0) is 39.0 Å². The molecule has 0 unspecified atom stereocenters. The average molecular weight is 211 g/mol. The van der Waals surface area contributed by atoms with Crippen LogP contribution in [0, 0.1) is 6.92 Å². The second kappa shape index (κ2) is 5.86. The highest BCUT2D eigenvalue weighted by molar-refractivity contribution is 4.71. The number of ether oxygens (including phenoxy) is 2. The molecule has 0 heterocycles. The van der Waals surface area contributed by atoms with Crippen LogP contribution in [-0.2, 0) is 9.47 Å². The van der Waals surface area contributed by atoms with Crippen LogP contribution in [0.5, 0.6) is 0 Å². The van der Waals surface area contributed by atoms with Crippen molar-refractivity contribution < 1.29 is 9.47 Å². The second-order valence-electron chi connectivity index (χ2n) is 4.80. The summed E-state index contributed by atoms with van der Waals surface area (Å²) >= 11 is 0. The molecule has 1 radical (unpaired) electrons. The Bertz CT molecular complexity index is 151. The average Bonchev–Trinajstić information content (AvgIpc) is 2.89. The highest BCUT2D eigenvalue weighted by atomic mass is 16.7. The number of hydrogen-bond acceptors (Lipinski definition) is 2. The first-order chi connectivity index (χ1) is 7.38. The van der Waals surface area contributed by atoms with E-state index >= 15 is 0 Å². The summed E-state index contributed by atoms with van der Waals surface area (Å²) in [5.41, 5.74) is 0. The van der Waals surface area contributed by atoms with Crippen molar-refractivity contribution in [3.05, 3.63) is 6.92 Å². The minimum Gasteiger partial charge on any atom is -0.349 e. The molecule has 2 saturated carbocycles. The molecule has 2 rings (SSSR count). The van der Waals surface area contributed by atoms with E-state index in [9.17, 15) is 0 Å². The van der Waals surface area contributed by atoms with Crippen LogP contribution in [-0.4, -0.2) is 18.5 Å². The smallest absolute Gasteiger partial charge is 0.158 e. The molecule has 87 valence electrons. The molecule has 0 aromatic heterocycles. The zero-order valence-electron chi connectivity index (χ0n) is 9.62. The molecule has 0 spiro atoms. The fourth-order valence-corrected chi connectivity index (χ4v) is 2.65. The van der Waals surface area contributed by atoms with Gasteiger partial charge in [0.05, 0.1) is 12.2 Å². The third-order valence-corrected chi connectivity index (χ3v) is 3.53. The van der Waals surface area contributed by atoms with Gasteiger partial charge in [0.2, 0.25) is 0 Å². The first-order valence-electron chi connectivity index (χ1n) is 6.48. The fraction of sp³-hybridized carbons (Fsp3) is 0.923. The zero-order valence-corrected chi connectivity index (χ0v) is 9.62. The van der Waals surface area contributed by atoms with E-state index in [2.05, 4.69) is 6.92 Å². The summed E-state index contributed by atoms with van der Waals surface area (Å²) in [5.74, 6) is 0. The van der Waals surface area contributed by atoms with E-state index in [1.54, 1.807) is 0 Å². The first-order valence-corrected chi connectivity index (χ1v) is 6.48. The Labute approximate surface area is 93.3 Å². The lowest BCUT2D eigenvalue weighted by Gasteiger charge is -2.24. The van der Waals surface area contributed by atoms with Gasteiger partial charge in [-0.3, -0.25) is 0 Å². The van der Waals surface area contributed by atoms with Crippen molar-refractivity contribution >= 4 is 0 Å². The molecular weight excluding hydrogens is 188 g/mol. The number of hydrogen-bond donors (Lipinski definition) is 0. The highest BCUT2D eigenvalue weighted by Crippen LogP contribution is 2.26. The van der Waals surface area contributed by atoms with Gasteiger partial charge in [-0.25, -0.2) is 0 Å². The van der Waals surface area contributed by atoms with E-state index in [1.165, 1.54) is 51.4 Å². The molecule has 0 amide bonds. The van der Waals surface area contributed by atoms with Gasteiger partial charge < -0.3 is 9.47 Å². The molecule has 2 nitrogen and oxygen atoms in total. The minimum atomic E-state index is -0.0452. The Morgan fingerprint density at radius 1 is 0.867 bits per heavy atom. The molecule has 2 aliphatic rings. The van der Waals surface area contributed by atoms with Crippen molar-refractivity contribution in [3.63, 3.8) is 0 Å². The first kappa shape index (κ1) is 11.4. The summed E-state index contributed by atoms with van der Waals surface area (Å²) in [6.45, 7) is 3.92. The predicted molar refractivity (Wildman–Crippen MR) is 60.4 cm³/mol. The quantitative estimate of drug-likeness (QED) is 0.648. The van der Waals surface area contributed by atoms with Gasteiger partial charge in [-0.1, -0.05) is 25.7 Å². The summed E-state index contributed by atoms with van der Waals surface area (Å²) in [6, 6.07) is 0. The van der Waals surface area contributed by atoms with E-state index in [1.807, 2.05) is 0 Å². The molecule has 0 N–H and O–H groups in total. The Kier molecular flexibility index (Phi) is 4.45. The van der Waals surface area contributed by atoms with Crippen LogP contribution < -0.4 is 0 Å². The molecule has 15 heavy (non-hydrogen) atoms. The van der Waals surface area contributed by atoms with E-state index < -0.39 is 0 Å². The van der Waals surface area contributed by atoms with Crippen LogP contribution in [0.25, 0.3) is 0 Å². The third kappa shape index (κ3) is 3.46. The monoisotopic (exact) mass is 211 g/mol. The summed E-state index contributed by atoms with van der Waals surface area (Å²) in [6.07, 6.45) is 11.7. The second-order valence-corrected chi connectivity index (χ2v) is 4.80. The summed E-state index contributed by atoms with van der Waals surface area (Å²) < 4.78 is 11.9. The van der Waals surface area contributed by atoms with Crippen molar-refractivity contribution in [2.45, 2.75) is 76.3 Å². The molecule has 2 heteroatoms. The van der Waals surface area contributed by atoms with E-state index in [4.69, 9.17) is 9.47 Å². The van der Waals surface area contributed by atoms with E-state index in [0.29, 0.717) is 12.2 Å². The largest absolute Gasteiger partial charge is 0.349 e. The highest BCUT2D eigenvalue weighted by Gasteiger charge is 2.24. The molecular formula is C13H23O2. The molecule has 0 aromatic rings. The van der Waals surface area contributed by atoms with Crippen LogP contribution in [0.1, 0.15) is 57.8 Å². The van der Waals surface area contributed by atoms with Crippen molar-refractivity contribution in [1.29, 1.82) is 0 Å². The van der Waals surface area contributed by atoms with Crippen LogP contribution in [0.4, 0.5) is 0 Å². The molecule has 0 aromatic carbocycles. The van der Waals surface area contributed by atoms with Crippen LogP contribution in [0.15, 0.2) is 0 Å². The lowest BCUT2D eigenvalue weighted by molar-refractivity contribution is -0.189. The number of rotatable bonds is 5. The van der Waals surface area contributed by atoms with Gasteiger partial charge in [0, 0.05) is 0 Å². The maximum absolute atomic E-state index is 5.94. The van der Waals surface area contributed by atoms with E-state index in [-0.39, 0.29) is 6.29 Å². The SMILES string of the molecule is [CH2]CC(OC1CCCC1)OC1CCCC1. The van der Waals surface area contributed by atoms with Crippen LogP contribution in [0.3, 0.4) is 0 Å². The molecule has 2 aliphatic carbocycles. The Morgan fingerprint density at radius 3 is 1.60 bits per heavy atom. The predicted octanol–water partition coefficient (Wildman–Crippen LogP) is 3.46. The summed E-state index contributed by atoms with van der Waals surface area (Å²) in [7, 11) is 0. The van der Waals surface area contributed by atoms with E-state index in [0.717, 1.165) is 6.42 Å². The molecule has 0 aliphatic heterocycles. The Morgan fingerprint density at radius 2 is 1.27 bits per heavy atom. The van der Waals surface area contributed by atoms with Gasteiger partial charge in [-0.2, -0.15) is 0 Å². The van der Waals surface area contributed by atoms with Gasteiger partial charge >= 0.3 is 0 Å². The minimum absolute atomic E-state index is 0.0452. The third-order valence-electron chi connectivity index (χ3n) is 3.53. The van der Waals surface area contributed by atoms with Crippen molar-refractivity contribution in [1.82, 2.24) is 0 Å². The van der Waals surface area contributed by atoms with Gasteiger partial charge in [0.25, 0.3) is 0 Å². The summed E-state index contributed by atoms with van der Waals surface area (Å²) in [5, 5.41) is 0. The fourth-order valence-electron chi connectivity index (χ4n) is 2.65. The Hall–Kier alpha value is -0.0800. The van der Waals surface area contributed by atoms with Crippen molar-refractivity contribution in [2.75, 3.05) is 0 Å². The van der Waals surface area contributed by atoms with Crippen LogP contribution in [0.2, 0.25) is 0 Å². The molecule has 0 atom stereocenters. The molecule has 2 fully saturated rings. The van der Waals surface area contributed by atoms with Gasteiger partial charge in [0.1, 0.15) is 0 Å². The van der Waals surface area contributed by atoms with Gasteiger partial charge in [0.15, 0.2) is 6.29 Å². The van der Waals surface area contributed by atoms with Crippen molar-refractivity contribution in [3.8, 4) is 0 Å². The standard InChI is InChI=1S/C13H23O2/c1-2-13(14-11-7-3-4-8-11)15-12-9-5-6-10-12/h11-13H,1-10H2. The summed E-state index contributed by atoms with van der Waals surface area (Å²) in [4.78, 5) is 0. The van der Waals surface area contributed by atoms with Crippen LogP contribution >= 0.6 is 0 Å². The lowest BCUT2D eigenvalue weighted by atomic mass is 10.3. The normalized spacial score (nSPS) is 24.4. The maximum atomic E-state index is 5.94.